The molecule has 1 aliphatic rings. The maximum atomic E-state index is 12.0. The van der Waals surface area contributed by atoms with Gasteiger partial charge in [0.25, 0.3) is 0 Å². The molecule has 29 heavy (non-hydrogen) atoms. The van der Waals surface area contributed by atoms with Crippen LogP contribution in [0.1, 0.15) is 102 Å². The van der Waals surface area contributed by atoms with Crippen LogP contribution in [0.5, 0.6) is 5.75 Å². The SMILES string of the molecule is COc1ccc(CCCCCCCCCCCCCCC(=O)N2CCCC2)cc1. The number of rotatable bonds is 16. The molecule has 1 aliphatic heterocycles. The second-order valence-corrected chi connectivity index (χ2v) is 8.68. The van der Waals surface area contributed by atoms with Gasteiger partial charge in [0.05, 0.1) is 7.11 Å². The number of carbonyl (C=O) groups excluding carboxylic acids is 1. The molecule has 0 N–H and O–H groups in total. The predicted molar refractivity (Wildman–Crippen MR) is 123 cm³/mol. The normalized spacial score (nSPS) is 13.8. The standard InChI is InChI=1S/C26H43NO2/c1-29-25-20-18-24(19-21-25)16-12-10-8-6-4-2-3-5-7-9-11-13-17-26(28)27-22-14-15-23-27/h18-21H,2-17,22-23H2,1H3. The fraction of sp³-hybridized carbons (Fsp3) is 0.731. The van der Waals surface area contributed by atoms with Crippen LogP contribution in [-0.4, -0.2) is 31.0 Å². The quantitative estimate of drug-likeness (QED) is 0.281. The third kappa shape index (κ3) is 10.7. The van der Waals surface area contributed by atoms with E-state index < -0.39 is 0 Å². The molecule has 1 amide bonds. The fourth-order valence-electron chi connectivity index (χ4n) is 4.29. The van der Waals surface area contributed by atoms with Crippen molar-refractivity contribution in [3.63, 3.8) is 0 Å². The summed E-state index contributed by atoms with van der Waals surface area (Å²) in [4.78, 5) is 14.0. The van der Waals surface area contributed by atoms with Crippen LogP contribution in [0.3, 0.4) is 0 Å². The van der Waals surface area contributed by atoms with Crippen LogP contribution in [0.4, 0.5) is 0 Å². The Labute approximate surface area is 179 Å². The van der Waals surface area contributed by atoms with Crippen molar-refractivity contribution in [3.05, 3.63) is 29.8 Å². The molecule has 164 valence electrons. The summed E-state index contributed by atoms with van der Waals surface area (Å²) in [6.45, 7) is 2.00. The number of methoxy groups -OCH3 is 1. The van der Waals surface area contributed by atoms with E-state index in [2.05, 4.69) is 29.2 Å². The molecule has 1 aromatic carbocycles. The van der Waals surface area contributed by atoms with E-state index in [0.717, 1.165) is 31.7 Å². The van der Waals surface area contributed by atoms with E-state index >= 15 is 0 Å². The summed E-state index contributed by atoms with van der Waals surface area (Å²) < 4.78 is 5.20. The second-order valence-electron chi connectivity index (χ2n) is 8.68. The summed E-state index contributed by atoms with van der Waals surface area (Å²) in [6.07, 6.45) is 20.3. The second kappa shape index (κ2) is 15.3. The van der Waals surface area contributed by atoms with Crippen molar-refractivity contribution in [3.8, 4) is 5.75 Å². The van der Waals surface area contributed by atoms with Gasteiger partial charge in [0, 0.05) is 19.5 Å². The molecule has 1 heterocycles. The summed E-state index contributed by atoms with van der Waals surface area (Å²) in [5.41, 5.74) is 1.42. The highest BCUT2D eigenvalue weighted by atomic mass is 16.5. The van der Waals surface area contributed by atoms with E-state index in [9.17, 15) is 4.79 Å². The maximum absolute atomic E-state index is 12.0. The van der Waals surface area contributed by atoms with Gasteiger partial charge < -0.3 is 9.64 Å². The number of aryl methyl sites for hydroxylation is 1. The Morgan fingerprint density at radius 3 is 1.76 bits per heavy atom. The van der Waals surface area contributed by atoms with Crippen molar-refractivity contribution >= 4 is 5.91 Å². The third-order valence-corrected chi connectivity index (χ3v) is 6.22. The van der Waals surface area contributed by atoms with Gasteiger partial charge in [-0.3, -0.25) is 4.79 Å². The van der Waals surface area contributed by atoms with Crippen LogP contribution in [0.15, 0.2) is 24.3 Å². The van der Waals surface area contributed by atoms with Crippen LogP contribution >= 0.6 is 0 Å². The van der Waals surface area contributed by atoms with Crippen LogP contribution in [0.25, 0.3) is 0 Å². The summed E-state index contributed by atoms with van der Waals surface area (Å²) in [5.74, 6) is 1.34. The smallest absolute Gasteiger partial charge is 0.222 e. The number of likely N-dealkylation sites (tertiary alicyclic amines) is 1. The molecule has 2 rings (SSSR count). The van der Waals surface area contributed by atoms with Crippen LogP contribution in [-0.2, 0) is 11.2 Å². The van der Waals surface area contributed by atoms with E-state index in [1.165, 1.54) is 95.5 Å². The van der Waals surface area contributed by atoms with Gasteiger partial charge in [-0.1, -0.05) is 76.3 Å². The zero-order chi connectivity index (χ0) is 20.6. The minimum atomic E-state index is 0.395. The summed E-state index contributed by atoms with van der Waals surface area (Å²) in [6, 6.07) is 8.49. The Hall–Kier alpha value is -1.51. The molecule has 0 aromatic heterocycles. The monoisotopic (exact) mass is 401 g/mol. The molecule has 0 bridgehead atoms. The number of hydrogen-bond donors (Lipinski definition) is 0. The molecule has 3 heteroatoms. The van der Waals surface area contributed by atoms with Gasteiger partial charge >= 0.3 is 0 Å². The molecular formula is C26H43NO2. The van der Waals surface area contributed by atoms with Crippen molar-refractivity contribution in [1.29, 1.82) is 0 Å². The molecule has 1 fully saturated rings. The minimum absolute atomic E-state index is 0.395. The zero-order valence-corrected chi connectivity index (χ0v) is 18.8. The first kappa shape index (κ1) is 23.8. The number of benzene rings is 1. The summed E-state index contributed by atoms with van der Waals surface area (Å²) >= 11 is 0. The highest BCUT2D eigenvalue weighted by molar-refractivity contribution is 5.76. The Morgan fingerprint density at radius 2 is 1.24 bits per heavy atom. The fourth-order valence-corrected chi connectivity index (χ4v) is 4.29. The highest BCUT2D eigenvalue weighted by Gasteiger charge is 2.16. The average molecular weight is 402 g/mol. The van der Waals surface area contributed by atoms with Crippen LogP contribution < -0.4 is 4.74 Å². The largest absolute Gasteiger partial charge is 0.497 e. The summed E-state index contributed by atoms with van der Waals surface area (Å²) in [5, 5.41) is 0. The van der Waals surface area contributed by atoms with Gasteiger partial charge in [-0.25, -0.2) is 0 Å². The van der Waals surface area contributed by atoms with Crippen molar-refractivity contribution in [2.75, 3.05) is 20.2 Å². The number of amides is 1. The van der Waals surface area contributed by atoms with E-state index in [-0.39, 0.29) is 0 Å². The lowest BCUT2D eigenvalue weighted by Crippen LogP contribution is -2.27. The van der Waals surface area contributed by atoms with Crippen LogP contribution in [0.2, 0.25) is 0 Å². The predicted octanol–water partition coefficient (Wildman–Crippen LogP) is 6.93. The molecule has 3 nitrogen and oxygen atoms in total. The maximum Gasteiger partial charge on any atom is 0.222 e. The Balaban J connectivity index is 1.29. The highest BCUT2D eigenvalue weighted by Crippen LogP contribution is 2.16. The average Bonchev–Trinajstić information content (AvgIpc) is 3.29. The molecular weight excluding hydrogens is 358 g/mol. The van der Waals surface area contributed by atoms with E-state index in [0.29, 0.717) is 5.91 Å². The Bertz CT molecular complexity index is 534. The van der Waals surface area contributed by atoms with Crippen LogP contribution in [0, 0.1) is 0 Å². The molecule has 0 spiro atoms. The van der Waals surface area contributed by atoms with Crippen molar-refractivity contribution < 1.29 is 9.53 Å². The number of carbonyl (C=O) groups is 1. The number of hydrogen-bond acceptors (Lipinski definition) is 2. The van der Waals surface area contributed by atoms with Gasteiger partial charge in [0.15, 0.2) is 0 Å². The number of nitrogens with zero attached hydrogens (tertiary/aromatic N) is 1. The number of unbranched alkanes of at least 4 members (excludes halogenated alkanes) is 11. The summed E-state index contributed by atoms with van der Waals surface area (Å²) in [7, 11) is 1.72. The third-order valence-electron chi connectivity index (χ3n) is 6.22. The molecule has 0 saturated carbocycles. The lowest BCUT2D eigenvalue weighted by atomic mass is 10.0. The molecule has 1 saturated heterocycles. The lowest BCUT2D eigenvalue weighted by molar-refractivity contribution is -0.130. The first-order valence-corrected chi connectivity index (χ1v) is 12.2. The van der Waals surface area contributed by atoms with Gasteiger partial charge in [0.2, 0.25) is 5.91 Å². The number of ether oxygens (including phenoxy) is 1. The van der Waals surface area contributed by atoms with Gasteiger partial charge in [-0.2, -0.15) is 0 Å². The molecule has 0 aliphatic carbocycles. The topological polar surface area (TPSA) is 29.5 Å². The molecule has 0 atom stereocenters. The van der Waals surface area contributed by atoms with Gasteiger partial charge in [0.1, 0.15) is 5.75 Å². The Kier molecular flexibility index (Phi) is 12.6. The lowest BCUT2D eigenvalue weighted by Gasteiger charge is -2.14. The van der Waals surface area contributed by atoms with Gasteiger partial charge in [-0.15, -0.1) is 0 Å². The van der Waals surface area contributed by atoms with E-state index in [1.807, 2.05) is 0 Å². The zero-order valence-electron chi connectivity index (χ0n) is 18.8. The molecule has 1 aromatic rings. The van der Waals surface area contributed by atoms with E-state index in [1.54, 1.807) is 7.11 Å². The minimum Gasteiger partial charge on any atom is -0.497 e. The first-order chi connectivity index (χ1) is 14.3. The van der Waals surface area contributed by atoms with Crippen molar-refractivity contribution in [2.45, 2.75) is 103 Å². The van der Waals surface area contributed by atoms with Gasteiger partial charge in [-0.05, 0) is 49.8 Å². The molecule has 0 unspecified atom stereocenters. The van der Waals surface area contributed by atoms with E-state index in [4.69, 9.17) is 4.74 Å². The van der Waals surface area contributed by atoms with Crippen molar-refractivity contribution in [2.24, 2.45) is 0 Å². The molecule has 0 radical (unpaired) electrons. The Morgan fingerprint density at radius 1 is 0.759 bits per heavy atom. The first-order valence-electron chi connectivity index (χ1n) is 12.2. The van der Waals surface area contributed by atoms with Crippen molar-refractivity contribution in [1.82, 2.24) is 4.90 Å².